The molecule has 17 heavy (non-hydrogen) atoms. The van der Waals surface area contributed by atoms with E-state index in [1.807, 2.05) is 6.92 Å². The number of carbonyl (C=O) groups excluding carboxylic acids is 1. The van der Waals surface area contributed by atoms with E-state index in [0.29, 0.717) is 32.0 Å². The maximum Gasteiger partial charge on any atom is 0.338 e. The molecule has 2 aliphatic rings. The van der Waals surface area contributed by atoms with Gasteiger partial charge in [0.25, 0.3) is 0 Å². The van der Waals surface area contributed by atoms with Gasteiger partial charge in [-0.3, -0.25) is 0 Å². The fourth-order valence-electron chi connectivity index (χ4n) is 1.68. The maximum absolute atomic E-state index is 12.0. The molecule has 0 saturated carbocycles. The SMILES string of the molecule is CCOC(=O)C(=C1SCCS1)C1COCCO1. The van der Waals surface area contributed by atoms with E-state index in [9.17, 15) is 4.79 Å². The van der Waals surface area contributed by atoms with E-state index in [1.165, 1.54) is 0 Å². The highest BCUT2D eigenvalue weighted by atomic mass is 32.2. The third kappa shape index (κ3) is 3.40. The summed E-state index contributed by atoms with van der Waals surface area (Å²) in [6, 6.07) is 0. The summed E-state index contributed by atoms with van der Waals surface area (Å²) in [4.78, 5) is 12.0. The predicted octanol–water partition coefficient (Wildman–Crippen LogP) is 1.66. The van der Waals surface area contributed by atoms with E-state index in [4.69, 9.17) is 14.2 Å². The van der Waals surface area contributed by atoms with Crippen LogP contribution >= 0.6 is 23.5 Å². The molecule has 2 fully saturated rings. The number of rotatable bonds is 3. The Bertz CT molecular complexity index is 303. The summed E-state index contributed by atoms with van der Waals surface area (Å²) in [6.07, 6.45) is -0.268. The largest absolute Gasteiger partial charge is 0.463 e. The molecular formula is C11H16O4S2. The van der Waals surface area contributed by atoms with Crippen LogP contribution in [0.1, 0.15) is 6.92 Å². The Morgan fingerprint density at radius 3 is 2.76 bits per heavy atom. The molecule has 6 heteroatoms. The number of ether oxygens (including phenoxy) is 3. The minimum Gasteiger partial charge on any atom is -0.463 e. The molecule has 1 atom stereocenters. The van der Waals surface area contributed by atoms with E-state index in [-0.39, 0.29) is 12.1 Å². The minimum absolute atomic E-state index is 0.264. The van der Waals surface area contributed by atoms with Crippen LogP contribution < -0.4 is 0 Å². The minimum atomic E-state index is -0.268. The second kappa shape index (κ2) is 6.68. The van der Waals surface area contributed by atoms with Crippen LogP contribution in [0.3, 0.4) is 0 Å². The van der Waals surface area contributed by atoms with Crippen LogP contribution in [-0.4, -0.2) is 50.0 Å². The topological polar surface area (TPSA) is 44.8 Å². The Kier molecular flexibility index (Phi) is 5.21. The van der Waals surface area contributed by atoms with E-state index in [0.717, 1.165) is 15.7 Å². The van der Waals surface area contributed by atoms with Crippen molar-refractivity contribution in [3.05, 3.63) is 9.81 Å². The molecule has 0 N–H and O–H groups in total. The summed E-state index contributed by atoms with van der Waals surface area (Å²) in [5.74, 6) is 1.81. The summed E-state index contributed by atoms with van der Waals surface area (Å²) in [7, 11) is 0. The number of thioether (sulfide) groups is 2. The Morgan fingerprint density at radius 2 is 2.18 bits per heavy atom. The second-order valence-corrected chi connectivity index (χ2v) is 6.02. The van der Waals surface area contributed by atoms with Crippen molar-refractivity contribution in [2.75, 3.05) is 37.9 Å². The van der Waals surface area contributed by atoms with Gasteiger partial charge in [0.15, 0.2) is 0 Å². The Labute approximate surface area is 109 Å². The molecule has 2 rings (SSSR count). The highest BCUT2D eigenvalue weighted by Crippen LogP contribution is 2.40. The zero-order valence-corrected chi connectivity index (χ0v) is 11.4. The van der Waals surface area contributed by atoms with Crippen LogP contribution in [-0.2, 0) is 19.0 Å². The summed E-state index contributed by atoms with van der Waals surface area (Å²) >= 11 is 3.41. The summed E-state index contributed by atoms with van der Waals surface area (Å²) in [5, 5.41) is 0. The van der Waals surface area contributed by atoms with Crippen LogP contribution in [0.2, 0.25) is 0 Å². The smallest absolute Gasteiger partial charge is 0.338 e. The van der Waals surface area contributed by atoms with Crippen LogP contribution in [0, 0.1) is 0 Å². The molecular weight excluding hydrogens is 260 g/mol. The maximum atomic E-state index is 12.0. The van der Waals surface area contributed by atoms with Gasteiger partial charge in [-0.15, -0.1) is 23.5 Å². The standard InChI is InChI=1S/C11H16O4S2/c1-2-14-10(12)9(11-16-5-6-17-11)8-7-13-3-4-15-8/h8H,2-7H2,1H3. The lowest BCUT2D eigenvalue weighted by molar-refractivity contribution is -0.142. The zero-order chi connectivity index (χ0) is 12.1. The van der Waals surface area contributed by atoms with Crippen molar-refractivity contribution >= 4 is 29.5 Å². The Hall–Kier alpha value is -0.170. The molecule has 0 amide bonds. The van der Waals surface area contributed by atoms with E-state index < -0.39 is 0 Å². The van der Waals surface area contributed by atoms with Gasteiger partial charge in [0, 0.05) is 11.5 Å². The van der Waals surface area contributed by atoms with Gasteiger partial charge in [-0.1, -0.05) is 0 Å². The average Bonchev–Trinajstić information content (AvgIpc) is 2.85. The highest BCUT2D eigenvalue weighted by molar-refractivity contribution is 8.25. The van der Waals surface area contributed by atoms with E-state index in [1.54, 1.807) is 23.5 Å². The van der Waals surface area contributed by atoms with E-state index in [2.05, 4.69) is 0 Å². The highest BCUT2D eigenvalue weighted by Gasteiger charge is 2.30. The van der Waals surface area contributed by atoms with Crippen molar-refractivity contribution < 1.29 is 19.0 Å². The average molecular weight is 276 g/mol. The third-order valence-electron chi connectivity index (χ3n) is 2.40. The van der Waals surface area contributed by atoms with Gasteiger partial charge in [-0.2, -0.15) is 0 Å². The van der Waals surface area contributed by atoms with Crippen LogP contribution in [0.15, 0.2) is 9.81 Å². The molecule has 0 spiro atoms. The number of esters is 1. The molecule has 0 aromatic heterocycles. The van der Waals surface area contributed by atoms with Crippen molar-refractivity contribution in [2.24, 2.45) is 0 Å². The van der Waals surface area contributed by atoms with Gasteiger partial charge in [-0.05, 0) is 6.92 Å². The van der Waals surface area contributed by atoms with Gasteiger partial charge < -0.3 is 14.2 Å². The number of hydrogen-bond acceptors (Lipinski definition) is 6. The lowest BCUT2D eigenvalue weighted by Gasteiger charge is -2.25. The number of hydrogen-bond donors (Lipinski definition) is 0. The molecule has 0 radical (unpaired) electrons. The van der Waals surface area contributed by atoms with Gasteiger partial charge in [0.05, 0.1) is 36.2 Å². The lowest BCUT2D eigenvalue weighted by Crippen LogP contribution is -2.34. The predicted molar refractivity (Wildman–Crippen MR) is 69.1 cm³/mol. The summed E-state index contributed by atoms with van der Waals surface area (Å²) in [6.45, 7) is 3.78. The van der Waals surface area contributed by atoms with Crippen molar-refractivity contribution in [3.8, 4) is 0 Å². The van der Waals surface area contributed by atoms with Crippen LogP contribution in [0.5, 0.6) is 0 Å². The van der Waals surface area contributed by atoms with Gasteiger partial charge in [-0.25, -0.2) is 4.79 Å². The molecule has 2 heterocycles. The molecule has 4 nitrogen and oxygen atoms in total. The second-order valence-electron chi connectivity index (χ2n) is 3.55. The first kappa shape index (κ1) is 13.3. The molecule has 0 aromatic rings. The first-order valence-corrected chi connectivity index (χ1v) is 7.66. The Morgan fingerprint density at radius 1 is 1.41 bits per heavy atom. The molecule has 96 valence electrons. The van der Waals surface area contributed by atoms with Crippen molar-refractivity contribution in [2.45, 2.75) is 13.0 Å². The molecule has 0 bridgehead atoms. The van der Waals surface area contributed by atoms with Crippen LogP contribution in [0.4, 0.5) is 0 Å². The number of carbonyl (C=O) groups is 1. The summed E-state index contributed by atoms with van der Waals surface area (Å²) < 4.78 is 17.1. The van der Waals surface area contributed by atoms with Gasteiger partial charge in [0.2, 0.25) is 0 Å². The molecule has 0 aliphatic carbocycles. The van der Waals surface area contributed by atoms with Gasteiger partial charge in [0.1, 0.15) is 6.10 Å². The van der Waals surface area contributed by atoms with Crippen molar-refractivity contribution in [1.82, 2.24) is 0 Å². The van der Waals surface area contributed by atoms with E-state index >= 15 is 0 Å². The van der Waals surface area contributed by atoms with Crippen molar-refractivity contribution in [3.63, 3.8) is 0 Å². The monoisotopic (exact) mass is 276 g/mol. The van der Waals surface area contributed by atoms with Crippen LogP contribution in [0.25, 0.3) is 0 Å². The fourth-order valence-corrected chi connectivity index (χ4v) is 4.29. The molecule has 2 aliphatic heterocycles. The molecule has 0 aromatic carbocycles. The summed E-state index contributed by atoms with van der Waals surface area (Å²) in [5.41, 5.74) is 0.652. The van der Waals surface area contributed by atoms with Crippen molar-refractivity contribution in [1.29, 1.82) is 0 Å². The van der Waals surface area contributed by atoms with Gasteiger partial charge >= 0.3 is 5.97 Å². The quantitative estimate of drug-likeness (QED) is 0.577. The first-order chi connectivity index (χ1) is 8.33. The third-order valence-corrected chi connectivity index (χ3v) is 5.15. The first-order valence-electron chi connectivity index (χ1n) is 5.69. The Balaban J connectivity index is 2.16. The fraction of sp³-hybridized carbons (Fsp3) is 0.727. The normalized spacial score (nSPS) is 24.8. The zero-order valence-electron chi connectivity index (χ0n) is 9.77. The molecule has 1 unspecified atom stereocenters. The lowest BCUT2D eigenvalue weighted by atomic mass is 10.1. The molecule has 2 saturated heterocycles.